The summed E-state index contributed by atoms with van der Waals surface area (Å²) < 4.78 is 16.7. The molecular formula is C48H46N8O6. The standard InChI is InChI=1S/C24H24N4O4.C24H22N4O2/c1-15(22-23(24(29)30)27-28(26-22)19-9-5-4-6-10-19)18-8-7-11-20(14-18)31-13-12-21-16(2)32-17(3)25-21;1-17(18-10-9-15-21(16-18)30-2)22-23(24(29)25-19-11-5-3-6-12-19)27-28(26-22)20-13-7-4-8-14-20/h4-11,14-15H,12-13H2,1-3H3,(H,29,30);3-17H,1-2H3,(H,25,29). The molecule has 8 aromatic rings. The van der Waals surface area contributed by atoms with E-state index in [9.17, 15) is 14.7 Å². The maximum atomic E-state index is 13.1. The van der Waals surface area contributed by atoms with Crippen LogP contribution in [0.5, 0.6) is 11.5 Å². The van der Waals surface area contributed by atoms with Gasteiger partial charge in [-0.3, -0.25) is 4.79 Å². The molecular weight excluding hydrogens is 785 g/mol. The molecule has 0 aliphatic heterocycles. The number of hydrogen-bond donors (Lipinski definition) is 2. The zero-order valence-corrected chi connectivity index (χ0v) is 35.0. The number of carbonyl (C=O) groups is 2. The fourth-order valence-electron chi connectivity index (χ4n) is 6.77. The van der Waals surface area contributed by atoms with Crippen molar-refractivity contribution >= 4 is 17.6 Å². The first-order valence-electron chi connectivity index (χ1n) is 20.0. The monoisotopic (exact) mass is 830 g/mol. The third-order valence-electron chi connectivity index (χ3n) is 10.1. The van der Waals surface area contributed by atoms with Crippen molar-refractivity contribution in [2.45, 2.75) is 46.0 Å². The van der Waals surface area contributed by atoms with E-state index in [2.05, 4.69) is 30.7 Å². The molecule has 14 nitrogen and oxygen atoms in total. The SMILES string of the molecule is COc1cccc(C(C)c2nn(-c3ccccc3)nc2C(=O)Nc2ccccc2)c1.Cc1nc(CCOc2cccc(C(C)c3nn(-c4ccccc4)nc3C(=O)O)c2)c(C)o1. The second kappa shape index (κ2) is 19.5. The molecule has 0 aliphatic carbocycles. The van der Waals surface area contributed by atoms with Gasteiger partial charge in [-0.05, 0) is 78.7 Å². The van der Waals surface area contributed by atoms with Crippen LogP contribution in [0.25, 0.3) is 11.4 Å². The van der Waals surface area contributed by atoms with Gasteiger partial charge in [0.05, 0.1) is 30.8 Å². The molecule has 2 unspecified atom stereocenters. The van der Waals surface area contributed by atoms with Gasteiger partial charge >= 0.3 is 5.97 Å². The number of carboxylic acids is 1. The number of nitrogens with zero attached hydrogens (tertiary/aromatic N) is 7. The maximum absolute atomic E-state index is 13.1. The summed E-state index contributed by atoms with van der Waals surface area (Å²) >= 11 is 0. The van der Waals surface area contributed by atoms with Crippen LogP contribution in [0.3, 0.4) is 0 Å². The lowest BCUT2D eigenvalue weighted by Crippen LogP contribution is -2.16. The van der Waals surface area contributed by atoms with Crippen molar-refractivity contribution in [2.24, 2.45) is 0 Å². The van der Waals surface area contributed by atoms with Gasteiger partial charge in [0, 0.05) is 30.9 Å². The minimum Gasteiger partial charge on any atom is -0.497 e. The average Bonchev–Trinajstić information content (AvgIpc) is 4.04. The quantitative estimate of drug-likeness (QED) is 0.107. The van der Waals surface area contributed by atoms with Gasteiger partial charge in [-0.1, -0.05) is 92.7 Å². The Kier molecular flexibility index (Phi) is 13.3. The highest BCUT2D eigenvalue weighted by Crippen LogP contribution is 2.30. The summed E-state index contributed by atoms with van der Waals surface area (Å²) in [7, 11) is 1.63. The van der Waals surface area contributed by atoms with Gasteiger partial charge in [0.1, 0.15) is 28.6 Å². The van der Waals surface area contributed by atoms with Crippen LogP contribution >= 0.6 is 0 Å². The van der Waals surface area contributed by atoms with Gasteiger partial charge in [-0.15, -0.1) is 10.2 Å². The highest BCUT2D eigenvalue weighted by atomic mass is 16.5. The van der Waals surface area contributed by atoms with E-state index in [1.165, 1.54) is 9.59 Å². The van der Waals surface area contributed by atoms with Crippen molar-refractivity contribution in [1.29, 1.82) is 0 Å². The molecule has 1 amide bonds. The normalized spacial score (nSPS) is 11.8. The predicted octanol–water partition coefficient (Wildman–Crippen LogP) is 9.02. The molecule has 314 valence electrons. The van der Waals surface area contributed by atoms with Crippen LogP contribution in [0, 0.1) is 13.8 Å². The summed E-state index contributed by atoms with van der Waals surface area (Å²) in [6.45, 7) is 8.08. The number of carboxylic acid groups (broad SMARTS) is 1. The number of rotatable bonds is 14. The van der Waals surface area contributed by atoms with Crippen molar-refractivity contribution in [2.75, 3.05) is 19.0 Å². The Balaban J connectivity index is 0.000000187. The Morgan fingerprint density at radius 2 is 1.19 bits per heavy atom. The Morgan fingerprint density at radius 3 is 1.73 bits per heavy atom. The van der Waals surface area contributed by atoms with Crippen molar-refractivity contribution in [3.05, 3.63) is 191 Å². The summed E-state index contributed by atoms with van der Waals surface area (Å²) in [6, 6.07) is 43.4. The number of carbonyl (C=O) groups excluding carboxylic acids is 1. The fraction of sp³-hybridized carbons (Fsp3) is 0.188. The van der Waals surface area contributed by atoms with Crippen LogP contribution < -0.4 is 14.8 Å². The second-order valence-corrected chi connectivity index (χ2v) is 14.4. The molecule has 2 N–H and O–H groups in total. The molecule has 0 bridgehead atoms. The number of oxazole rings is 1. The molecule has 62 heavy (non-hydrogen) atoms. The number of hydrogen-bond acceptors (Lipinski definition) is 10. The predicted molar refractivity (Wildman–Crippen MR) is 234 cm³/mol. The highest BCUT2D eigenvalue weighted by Gasteiger charge is 2.26. The van der Waals surface area contributed by atoms with Crippen LogP contribution in [0.4, 0.5) is 5.69 Å². The summed E-state index contributed by atoms with van der Waals surface area (Å²) in [5.74, 6) is 1.04. The first-order valence-corrected chi connectivity index (χ1v) is 20.0. The zero-order chi connectivity index (χ0) is 43.6. The summed E-state index contributed by atoms with van der Waals surface area (Å²) in [5, 5.41) is 30.5. The van der Waals surface area contributed by atoms with Crippen LogP contribution in [-0.4, -0.2) is 65.7 Å². The van der Waals surface area contributed by atoms with E-state index < -0.39 is 5.97 Å². The van der Waals surface area contributed by atoms with Crippen LogP contribution in [0.2, 0.25) is 0 Å². The van der Waals surface area contributed by atoms with Crippen molar-refractivity contribution in [1.82, 2.24) is 35.0 Å². The summed E-state index contributed by atoms with van der Waals surface area (Å²) in [6.07, 6.45) is 0.636. The number of nitrogens with one attached hydrogen (secondary N) is 1. The minimum atomic E-state index is -1.11. The number of aromatic carboxylic acids is 1. The Hall–Kier alpha value is -7.87. The molecule has 3 aromatic heterocycles. The third-order valence-corrected chi connectivity index (χ3v) is 10.1. The number of amides is 1. The molecule has 5 aromatic carbocycles. The molecule has 14 heteroatoms. The van der Waals surface area contributed by atoms with Gasteiger partial charge < -0.3 is 24.3 Å². The van der Waals surface area contributed by atoms with E-state index in [0.29, 0.717) is 47.4 Å². The highest BCUT2D eigenvalue weighted by molar-refractivity contribution is 6.03. The van der Waals surface area contributed by atoms with E-state index in [1.807, 2.05) is 167 Å². The van der Waals surface area contributed by atoms with Crippen molar-refractivity contribution < 1.29 is 28.6 Å². The molecule has 2 atom stereocenters. The molecule has 0 radical (unpaired) electrons. The number of benzene rings is 5. The largest absolute Gasteiger partial charge is 0.497 e. The van der Waals surface area contributed by atoms with Gasteiger partial charge in [-0.25, -0.2) is 9.78 Å². The number of methoxy groups -OCH3 is 1. The molecule has 8 rings (SSSR count). The number of para-hydroxylation sites is 3. The van der Waals surface area contributed by atoms with E-state index in [4.69, 9.17) is 13.9 Å². The lowest BCUT2D eigenvalue weighted by molar-refractivity contribution is 0.0688. The maximum Gasteiger partial charge on any atom is 0.358 e. The first kappa shape index (κ1) is 42.3. The Morgan fingerprint density at radius 1 is 0.677 bits per heavy atom. The van der Waals surface area contributed by atoms with Gasteiger partial charge in [0.2, 0.25) is 0 Å². The van der Waals surface area contributed by atoms with Crippen molar-refractivity contribution in [3.63, 3.8) is 0 Å². The van der Waals surface area contributed by atoms with E-state index in [1.54, 1.807) is 7.11 Å². The smallest absolute Gasteiger partial charge is 0.358 e. The van der Waals surface area contributed by atoms with Gasteiger partial charge in [-0.2, -0.15) is 19.8 Å². The number of ether oxygens (including phenoxy) is 2. The minimum absolute atomic E-state index is 0.0652. The van der Waals surface area contributed by atoms with Crippen molar-refractivity contribution in [3.8, 4) is 22.9 Å². The first-order chi connectivity index (χ1) is 30.1. The molecule has 0 aliphatic rings. The molecule has 0 fully saturated rings. The lowest BCUT2D eigenvalue weighted by Gasteiger charge is -2.12. The van der Waals surface area contributed by atoms with Crippen LogP contribution in [0.1, 0.15) is 86.5 Å². The fourth-order valence-corrected chi connectivity index (χ4v) is 6.77. The summed E-state index contributed by atoms with van der Waals surface area (Å²) in [5.41, 5.74) is 6.17. The van der Waals surface area contributed by atoms with Crippen LogP contribution in [-0.2, 0) is 6.42 Å². The summed E-state index contributed by atoms with van der Waals surface area (Å²) in [4.78, 5) is 32.1. The Bertz CT molecular complexity index is 2750. The third kappa shape index (κ3) is 10.1. The Labute approximate surface area is 358 Å². The van der Waals surface area contributed by atoms with Crippen LogP contribution in [0.15, 0.2) is 144 Å². The van der Waals surface area contributed by atoms with E-state index in [-0.39, 0.29) is 29.1 Å². The van der Waals surface area contributed by atoms with Gasteiger partial charge in [0.25, 0.3) is 5.91 Å². The molecule has 0 spiro atoms. The molecule has 0 saturated carbocycles. The number of aromatic nitrogens is 7. The van der Waals surface area contributed by atoms with E-state index in [0.717, 1.165) is 34.0 Å². The molecule has 0 saturated heterocycles. The topological polar surface area (TPSA) is 172 Å². The average molecular weight is 831 g/mol. The van der Waals surface area contributed by atoms with E-state index >= 15 is 0 Å². The number of aryl methyl sites for hydroxylation is 2. The van der Waals surface area contributed by atoms with Gasteiger partial charge in [0.15, 0.2) is 17.3 Å². The zero-order valence-electron chi connectivity index (χ0n) is 35.0. The second-order valence-electron chi connectivity index (χ2n) is 14.4. The lowest BCUT2D eigenvalue weighted by atomic mass is 9.96. The number of anilines is 1. The molecule has 3 heterocycles.